The number of hydrogen-bond donors (Lipinski definition) is 1. The van der Waals surface area contributed by atoms with Crippen LogP contribution in [0.25, 0.3) is 0 Å². The van der Waals surface area contributed by atoms with Crippen LogP contribution < -0.4 is 5.32 Å². The van der Waals surface area contributed by atoms with Gasteiger partial charge < -0.3 is 9.73 Å². The number of thioether (sulfide) groups is 1. The summed E-state index contributed by atoms with van der Waals surface area (Å²) in [5, 5.41) is 4.33. The van der Waals surface area contributed by atoms with Crippen LogP contribution in [-0.2, 0) is 0 Å². The van der Waals surface area contributed by atoms with Crippen molar-refractivity contribution in [1.82, 2.24) is 0 Å². The molecule has 1 fully saturated rings. The lowest BCUT2D eigenvalue weighted by Gasteiger charge is -2.14. The van der Waals surface area contributed by atoms with Gasteiger partial charge in [-0.1, -0.05) is 12.8 Å². The fourth-order valence-electron chi connectivity index (χ4n) is 2.68. The smallest absolute Gasteiger partial charge is 0.0955 e. The molecular weight excluding hydrogens is 266 g/mol. The summed E-state index contributed by atoms with van der Waals surface area (Å²) < 4.78 is 5.12. The normalized spacial score (nSPS) is 17.2. The highest BCUT2D eigenvalue weighted by atomic mass is 32.2. The van der Waals surface area contributed by atoms with Crippen molar-refractivity contribution in [3.05, 3.63) is 48.4 Å². The highest BCUT2D eigenvalue weighted by Crippen LogP contribution is 2.35. The Bertz CT molecular complexity index is 514. The highest BCUT2D eigenvalue weighted by Gasteiger charge is 2.16. The third-order valence-corrected chi connectivity index (χ3v) is 5.23. The Kier molecular flexibility index (Phi) is 4.36. The number of benzene rings is 1. The molecule has 3 rings (SSSR count). The molecule has 1 saturated carbocycles. The first-order valence-corrected chi connectivity index (χ1v) is 8.24. The second-order valence-electron chi connectivity index (χ2n) is 5.47. The van der Waals surface area contributed by atoms with Gasteiger partial charge in [0.2, 0.25) is 0 Å². The van der Waals surface area contributed by atoms with E-state index < -0.39 is 0 Å². The van der Waals surface area contributed by atoms with Crippen molar-refractivity contribution in [2.45, 2.75) is 48.8 Å². The molecule has 1 heterocycles. The van der Waals surface area contributed by atoms with Gasteiger partial charge in [-0.15, -0.1) is 11.8 Å². The second kappa shape index (κ2) is 6.40. The molecule has 0 aliphatic heterocycles. The molecule has 1 aliphatic carbocycles. The quantitative estimate of drug-likeness (QED) is 0.787. The summed E-state index contributed by atoms with van der Waals surface area (Å²) >= 11 is 2.03. The van der Waals surface area contributed by atoms with E-state index in [0.29, 0.717) is 0 Å². The molecule has 3 heteroatoms. The number of furan rings is 1. The lowest BCUT2D eigenvalue weighted by Crippen LogP contribution is -2.05. The van der Waals surface area contributed by atoms with Crippen LogP contribution in [0.3, 0.4) is 0 Å². The van der Waals surface area contributed by atoms with Gasteiger partial charge in [-0.25, -0.2) is 0 Å². The Morgan fingerprint density at radius 3 is 2.55 bits per heavy atom. The monoisotopic (exact) mass is 287 g/mol. The molecule has 20 heavy (non-hydrogen) atoms. The van der Waals surface area contributed by atoms with E-state index in [-0.39, 0.29) is 6.04 Å². The molecule has 0 radical (unpaired) electrons. The third kappa shape index (κ3) is 3.40. The average molecular weight is 287 g/mol. The fourth-order valence-corrected chi connectivity index (χ4v) is 3.93. The summed E-state index contributed by atoms with van der Waals surface area (Å²) in [5.74, 6) is 0. The molecule has 1 unspecified atom stereocenters. The van der Waals surface area contributed by atoms with Crippen LogP contribution in [0, 0.1) is 0 Å². The molecule has 0 spiro atoms. The second-order valence-corrected chi connectivity index (χ2v) is 6.85. The molecular formula is C17H21NOS. The average Bonchev–Trinajstić information content (AvgIpc) is 3.13. The van der Waals surface area contributed by atoms with Crippen molar-refractivity contribution < 1.29 is 4.42 Å². The van der Waals surface area contributed by atoms with Gasteiger partial charge in [-0.2, -0.15) is 0 Å². The van der Waals surface area contributed by atoms with Gasteiger partial charge in [0.1, 0.15) is 0 Å². The van der Waals surface area contributed by atoms with Crippen LogP contribution in [0.15, 0.2) is 52.2 Å². The molecule has 1 aliphatic rings. The Labute approximate surface area is 125 Å². The van der Waals surface area contributed by atoms with E-state index in [1.165, 1.54) is 36.1 Å². The molecule has 106 valence electrons. The first-order chi connectivity index (χ1) is 9.81. The van der Waals surface area contributed by atoms with Crippen molar-refractivity contribution in [3.63, 3.8) is 0 Å². The van der Waals surface area contributed by atoms with Crippen molar-refractivity contribution in [1.29, 1.82) is 0 Å². The Balaban J connectivity index is 1.58. The van der Waals surface area contributed by atoms with E-state index >= 15 is 0 Å². The first kappa shape index (κ1) is 13.6. The Hall–Kier alpha value is -1.35. The van der Waals surface area contributed by atoms with E-state index in [1.54, 1.807) is 12.5 Å². The topological polar surface area (TPSA) is 25.2 Å². The summed E-state index contributed by atoms with van der Waals surface area (Å²) in [4.78, 5) is 1.39. The maximum absolute atomic E-state index is 5.12. The molecule has 1 aromatic heterocycles. The molecule has 1 atom stereocenters. The van der Waals surface area contributed by atoms with E-state index in [0.717, 1.165) is 10.9 Å². The molecule has 1 aromatic carbocycles. The number of nitrogens with one attached hydrogen (secondary N) is 1. The van der Waals surface area contributed by atoms with Crippen LogP contribution in [-0.4, -0.2) is 5.25 Å². The maximum atomic E-state index is 5.12. The minimum absolute atomic E-state index is 0.266. The molecule has 0 bridgehead atoms. The predicted octanol–water partition coefficient (Wildman–Crippen LogP) is 5.49. The number of rotatable bonds is 5. The summed E-state index contributed by atoms with van der Waals surface area (Å²) in [5.41, 5.74) is 2.34. The lowest BCUT2D eigenvalue weighted by molar-refractivity contribution is 0.562. The zero-order chi connectivity index (χ0) is 13.8. The number of hydrogen-bond acceptors (Lipinski definition) is 3. The molecule has 1 N–H and O–H groups in total. The van der Waals surface area contributed by atoms with Crippen LogP contribution in [0.2, 0.25) is 0 Å². The van der Waals surface area contributed by atoms with Gasteiger partial charge in [0.15, 0.2) is 0 Å². The standard InChI is InChI=1S/C17H21NOS/c1-13(14-10-11-19-12-14)18-15-6-8-17(9-7-15)20-16-4-2-3-5-16/h6-13,16,18H,2-5H2,1H3. The lowest BCUT2D eigenvalue weighted by atomic mass is 10.1. The van der Waals surface area contributed by atoms with E-state index in [4.69, 9.17) is 4.42 Å². The SMILES string of the molecule is CC(Nc1ccc(SC2CCCC2)cc1)c1ccoc1. The van der Waals surface area contributed by atoms with Gasteiger partial charge in [0.05, 0.1) is 18.6 Å². The van der Waals surface area contributed by atoms with E-state index in [1.807, 2.05) is 17.8 Å². The van der Waals surface area contributed by atoms with Crippen molar-refractivity contribution in [2.75, 3.05) is 5.32 Å². The highest BCUT2D eigenvalue weighted by molar-refractivity contribution is 8.00. The van der Waals surface area contributed by atoms with Crippen LogP contribution in [0.1, 0.15) is 44.2 Å². The Morgan fingerprint density at radius 1 is 1.15 bits per heavy atom. The number of anilines is 1. The maximum Gasteiger partial charge on any atom is 0.0955 e. The molecule has 2 aromatic rings. The summed E-state index contributed by atoms with van der Waals surface area (Å²) in [6.07, 6.45) is 9.07. The molecule has 0 saturated heterocycles. The van der Waals surface area contributed by atoms with Gasteiger partial charge in [0.25, 0.3) is 0 Å². The molecule has 0 amide bonds. The first-order valence-electron chi connectivity index (χ1n) is 7.36. The summed E-state index contributed by atoms with van der Waals surface area (Å²) in [7, 11) is 0. The van der Waals surface area contributed by atoms with Gasteiger partial charge >= 0.3 is 0 Å². The largest absolute Gasteiger partial charge is 0.472 e. The van der Waals surface area contributed by atoms with Gasteiger partial charge in [0, 0.05) is 21.4 Å². The minimum Gasteiger partial charge on any atom is -0.472 e. The minimum atomic E-state index is 0.266. The van der Waals surface area contributed by atoms with Gasteiger partial charge in [-0.3, -0.25) is 0 Å². The van der Waals surface area contributed by atoms with Crippen LogP contribution in [0.5, 0.6) is 0 Å². The van der Waals surface area contributed by atoms with E-state index in [2.05, 4.69) is 36.5 Å². The van der Waals surface area contributed by atoms with Crippen LogP contribution in [0.4, 0.5) is 5.69 Å². The molecule has 2 nitrogen and oxygen atoms in total. The van der Waals surface area contributed by atoms with Gasteiger partial charge in [-0.05, 0) is 50.1 Å². The fraction of sp³-hybridized carbons (Fsp3) is 0.412. The van der Waals surface area contributed by atoms with Crippen LogP contribution >= 0.6 is 11.8 Å². The van der Waals surface area contributed by atoms with E-state index in [9.17, 15) is 0 Å². The van der Waals surface area contributed by atoms with Crippen molar-refractivity contribution >= 4 is 17.4 Å². The summed E-state index contributed by atoms with van der Waals surface area (Å²) in [6.45, 7) is 2.14. The predicted molar refractivity (Wildman–Crippen MR) is 85.3 cm³/mol. The zero-order valence-corrected chi connectivity index (χ0v) is 12.7. The Morgan fingerprint density at radius 2 is 1.90 bits per heavy atom. The van der Waals surface area contributed by atoms with Crippen molar-refractivity contribution in [3.8, 4) is 0 Å². The zero-order valence-electron chi connectivity index (χ0n) is 11.8. The summed E-state index contributed by atoms with van der Waals surface area (Å²) in [6, 6.07) is 11.1. The van der Waals surface area contributed by atoms with Crippen molar-refractivity contribution in [2.24, 2.45) is 0 Å². The third-order valence-electron chi connectivity index (χ3n) is 3.89.